The van der Waals surface area contributed by atoms with Crippen molar-refractivity contribution < 1.29 is 0 Å². The van der Waals surface area contributed by atoms with Gasteiger partial charge >= 0.3 is 0 Å². The van der Waals surface area contributed by atoms with Crippen molar-refractivity contribution in [3.8, 4) is 0 Å². The summed E-state index contributed by atoms with van der Waals surface area (Å²) in [5.41, 5.74) is 5.47. The molecule has 2 atom stereocenters. The second-order valence-electron chi connectivity index (χ2n) is 7.99. The van der Waals surface area contributed by atoms with Crippen molar-refractivity contribution in [2.24, 2.45) is 5.10 Å². The monoisotopic (exact) mass is 427 g/mol. The third-order valence-corrected chi connectivity index (χ3v) is 5.79. The van der Waals surface area contributed by atoms with Crippen molar-refractivity contribution in [1.29, 1.82) is 0 Å². The van der Waals surface area contributed by atoms with Crippen LogP contribution in [0.15, 0.2) is 126 Å². The summed E-state index contributed by atoms with van der Waals surface area (Å²) in [7, 11) is 0. The van der Waals surface area contributed by atoms with E-state index in [0.29, 0.717) is 0 Å². The molecule has 1 N–H and O–H groups in total. The molecule has 160 valence electrons. The molecule has 0 fully saturated rings. The average molecular weight is 428 g/mol. The molecule has 0 bridgehead atoms. The highest BCUT2D eigenvalue weighted by Crippen LogP contribution is 2.38. The van der Waals surface area contributed by atoms with E-state index in [1.165, 1.54) is 11.1 Å². The Morgan fingerprint density at radius 1 is 0.758 bits per heavy atom. The maximum Gasteiger partial charge on any atom is 0.0966 e. The Kier molecular flexibility index (Phi) is 6.17. The standard InChI is InChI=1S/C30H25N3/c1-5-14-24(15-6-1)28-22-13-23-33(32-28)30(26-18-9-3-10-19-26)29(25-16-7-2-8-17-25)31-27-20-11-4-12-21-27/h2-5,7-22,29-31H,23H2/t29-,30-/m0/s1. The van der Waals surface area contributed by atoms with Gasteiger partial charge in [-0.3, -0.25) is 5.01 Å². The summed E-state index contributed by atoms with van der Waals surface area (Å²) in [6, 6.07) is 43.4. The van der Waals surface area contributed by atoms with E-state index in [-0.39, 0.29) is 12.1 Å². The summed E-state index contributed by atoms with van der Waals surface area (Å²) in [6.07, 6.45) is 4.27. The van der Waals surface area contributed by atoms with Crippen LogP contribution >= 0.6 is 0 Å². The fourth-order valence-electron chi connectivity index (χ4n) is 4.23. The van der Waals surface area contributed by atoms with Gasteiger partial charge in [0.1, 0.15) is 0 Å². The van der Waals surface area contributed by atoms with E-state index in [0.717, 1.165) is 23.5 Å². The van der Waals surface area contributed by atoms with Gasteiger partial charge in [0.2, 0.25) is 0 Å². The van der Waals surface area contributed by atoms with Crippen LogP contribution in [0.5, 0.6) is 0 Å². The summed E-state index contributed by atoms with van der Waals surface area (Å²) in [5.74, 6) is 0. The predicted octanol–water partition coefficient (Wildman–Crippen LogP) is 6.46. The number of para-hydroxylation sites is 1. The number of rotatable bonds is 7. The van der Waals surface area contributed by atoms with Gasteiger partial charge in [0.05, 0.1) is 24.3 Å². The maximum absolute atomic E-state index is 5.11. The van der Waals surface area contributed by atoms with Gasteiger partial charge in [-0.15, -0.1) is 0 Å². The van der Waals surface area contributed by atoms with E-state index >= 15 is 0 Å². The van der Waals surface area contributed by atoms with Gasteiger partial charge in [0.25, 0.3) is 0 Å². The predicted molar refractivity (Wildman–Crippen MR) is 135 cm³/mol. The molecule has 0 aliphatic carbocycles. The Balaban J connectivity index is 1.60. The van der Waals surface area contributed by atoms with Crippen LogP contribution in [0.2, 0.25) is 0 Å². The highest BCUT2D eigenvalue weighted by molar-refractivity contribution is 6.08. The number of hydrazone groups is 1. The van der Waals surface area contributed by atoms with Crippen LogP contribution in [-0.2, 0) is 0 Å². The highest BCUT2D eigenvalue weighted by atomic mass is 15.5. The first-order valence-corrected chi connectivity index (χ1v) is 11.2. The van der Waals surface area contributed by atoms with Crippen LogP contribution in [0.25, 0.3) is 0 Å². The zero-order valence-electron chi connectivity index (χ0n) is 18.3. The summed E-state index contributed by atoms with van der Waals surface area (Å²) in [4.78, 5) is 0. The van der Waals surface area contributed by atoms with Crippen LogP contribution in [0.1, 0.15) is 28.8 Å². The van der Waals surface area contributed by atoms with E-state index in [9.17, 15) is 0 Å². The molecule has 33 heavy (non-hydrogen) atoms. The molecule has 1 aliphatic heterocycles. The van der Waals surface area contributed by atoms with Gasteiger partial charge in [0, 0.05) is 11.3 Å². The Morgan fingerprint density at radius 3 is 2.09 bits per heavy atom. The van der Waals surface area contributed by atoms with Crippen molar-refractivity contribution in [3.63, 3.8) is 0 Å². The first kappa shape index (κ1) is 20.6. The van der Waals surface area contributed by atoms with Crippen LogP contribution in [0.4, 0.5) is 5.69 Å². The van der Waals surface area contributed by atoms with E-state index in [4.69, 9.17) is 5.10 Å². The van der Waals surface area contributed by atoms with Gasteiger partial charge in [-0.05, 0) is 47.5 Å². The van der Waals surface area contributed by atoms with Crippen LogP contribution in [0.3, 0.4) is 0 Å². The van der Waals surface area contributed by atoms with Gasteiger partial charge < -0.3 is 5.32 Å². The molecule has 0 spiro atoms. The summed E-state index contributed by atoms with van der Waals surface area (Å²) in [5, 5.41) is 11.1. The lowest BCUT2D eigenvalue weighted by atomic mass is 9.92. The topological polar surface area (TPSA) is 27.6 Å². The maximum atomic E-state index is 5.11. The van der Waals surface area contributed by atoms with E-state index in [1.54, 1.807) is 0 Å². The molecule has 1 aliphatic rings. The number of benzene rings is 3. The first-order valence-electron chi connectivity index (χ1n) is 11.2. The largest absolute Gasteiger partial charge is 0.376 e. The molecule has 0 saturated carbocycles. The van der Waals surface area contributed by atoms with Gasteiger partial charge in [-0.2, -0.15) is 5.10 Å². The molecule has 4 aromatic rings. The molecule has 0 amide bonds. The number of hydrogen-bond donors (Lipinski definition) is 1. The smallest absolute Gasteiger partial charge is 0.0966 e. The number of nitrogens with one attached hydrogen (secondary N) is 1. The second-order valence-corrected chi connectivity index (χ2v) is 7.99. The lowest BCUT2D eigenvalue weighted by Gasteiger charge is -2.38. The lowest BCUT2D eigenvalue weighted by molar-refractivity contribution is 0.204. The van der Waals surface area contributed by atoms with Crippen molar-refractivity contribution in [3.05, 3.63) is 150 Å². The third kappa shape index (κ3) is 4.81. The average Bonchev–Trinajstić information content (AvgIpc) is 2.91. The number of anilines is 1. The molecular formula is C30H25N3. The number of allylic oxidation sites excluding steroid dienone is 1. The summed E-state index contributed by atoms with van der Waals surface area (Å²) < 4.78 is 0. The third-order valence-electron chi connectivity index (χ3n) is 5.79. The minimum atomic E-state index is -0.0204. The Labute approximate surface area is 195 Å². The van der Waals surface area contributed by atoms with Crippen LogP contribution in [-0.4, -0.2) is 17.3 Å². The Hall–Kier alpha value is -4.29. The molecule has 3 nitrogen and oxygen atoms in total. The molecule has 5 rings (SSSR count). The fraction of sp³-hybridized carbons (Fsp3) is 0.100. The Bertz CT molecular complexity index is 1200. The summed E-state index contributed by atoms with van der Waals surface area (Å²) in [6.45, 7) is 0.728. The van der Waals surface area contributed by atoms with Gasteiger partial charge in [-0.1, -0.05) is 97.1 Å². The number of hydrogen-bond acceptors (Lipinski definition) is 3. The summed E-state index contributed by atoms with van der Waals surface area (Å²) >= 11 is 0. The van der Waals surface area contributed by atoms with Crippen molar-refractivity contribution in [2.45, 2.75) is 12.1 Å². The second kappa shape index (κ2) is 9.89. The molecule has 0 saturated heterocycles. The molecule has 0 aromatic heterocycles. The van der Waals surface area contributed by atoms with Gasteiger partial charge in [0.15, 0.2) is 0 Å². The molecule has 4 aromatic carbocycles. The van der Waals surface area contributed by atoms with Crippen LogP contribution < -0.4 is 5.32 Å². The quantitative estimate of drug-likeness (QED) is 0.367. The van der Waals surface area contributed by atoms with E-state index in [2.05, 4.69) is 120 Å². The van der Waals surface area contributed by atoms with Crippen LogP contribution in [0, 0.1) is 12.1 Å². The lowest BCUT2D eigenvalue weighted by Crippen LogP contribution is -2.35. The SMILES string of the molecule is c1ccc(C2=NN([C@@H](c3ccccc3)[C@@H](Nc3ccccc3)c3ccccc3)CC=C2)cc#1. The van der Waals surface area contributed by atoms with Crippen molar-refractivity contribution in [2.75, 3.05) is 11.9 Å². The molecule has 1 heterocycles. The van der Waals surface area contributed by atoms with Crippen molar-refractivity contribution in [1.82, 2.24) is 5.01 Å². The van der Waals surface area contributed by atoms with E-state index < -0.39 is 0 Å². The zero-order valence-corrected chi connectivity index (χ0v) is 18.3. The molecule has 3 heteroatoms. The minimum absolute atomic E-state index is 0.0110. The minimum Gasteiger partial charge on any atom is -0.376 e. The molecule has 0 radical (unpaired) electrons. The Morgan fingerprint density at radius 2 is 1.42 bits per heavy atom. The fourth-order valence-corrected chi connectivity index (χ4v) is 4.23. The van der Waals surface area contributed by atoms with E-state index in [1.807, 2.05) is 24.3 Å². The van der Waals surface area contributed by atoms with Crippen molar-refractivity contribution >= 4 is 11.4 Å². The number of nitrogens with zero attached hydrogens (tertiary/aromatic N) is 2. The highest BCUT2D eigenvalue weighted by Gasteiger charge is 2.31. The van der Waals surface area contributed by atoms with Gasteiger partial charge in [-0.25, -0.2) is 0 Å². The molecule has 0 unspecified atom stereocenters. The normalized spacial score (nSPS) is 14.7. The zero-order chi connectivity index (χ0) is 22.3. The first-order chi connectivity index (χ1) is 16.4. The molecular weight excluding hydrogens is 402 g/mol.